The van der Waals surface area contributed by atoms with Gasteiger partial charge in [0.25, 0.3) is 0 Å². The van der Waals surface area contributed by atoms with E-state index in [-0.39, 0.29) is 0 Å². The molecule has 71 valence electrons. The summed E-state index contributed by atoms with van der Waals surface area (Å²) in [5.41, 5.74) is 1.82. The van der Waals surface area contributed by atoms with E-state index in [0.717, 1.165) is 11.1 Å². The highest BCUT2D eigenvalue weighted by Gasteiger charge is 2.13. The molecule has 0 saturated heterocycles. The van der Waals surface area contributed by atoms with Crippen LogP contribution in [0.15, 0.2) is 24.3 Å². The summed E-state index contributed by atoms with van der Waals surface area (Å²) in [6.07, 6.45) is -1.06. The van der Waals surface area contributed by atoms with Gasteiger partial charge in [0.1, 0.15) is 0 Å². The van der Waals surface area contributed by atoms with Gasteiger partial charge in [-0.3, -0.25) is 0 Å². The Hall–Kier alpha value is -0.860. The fourth-order valence-corrected chi connectivity index (χ4v) is 1.38. The van der Waals surface area contributed by atoms with Crippen molar-refractivity contribution >= 4 is 0 Å². The van der Waals surface area contributed by atoms with Crippen LogP contribution in [0.4, 0.5) is 0 Å². The third-order valence-corrected chi connectivity index (χ3v) is 2.09. The summed E-state index contributed by atoms with van der Waals surface area (Å²) >= 11 is 0. The predicted octanol–water partition coefficient (Wildman–Crippen LogP) is 2.89. The fraction of sp³-hybridized carbons (Fsp3) is 0.455. The Balaban J connectivity index is 3.04. The number of hydrogen-bond acceptors (Lipinski definition) is 1. The van der Waals surface area contributed by atoms with Crippen LogP contribution < -0.4 is 0 Å². The molecule has 1 rings (SSSR count). The normalized spacial score (nSPS) is 13.3. The van der Waals surface area contributed by atoms with Crippen molar-refractivity contribution in [3.8, 4) is 0 Å². The SMILES string of the molecule is COC([O])c1ccccc1C(C)C. The summed E-state index contributed by atoms with van der Waals surface area (Å²) in [4.78, 5) is 0. The van der Waals surface area contributed by atoms with Crippen LogP contribution >= 0.6 is 0 Å². The topological polar surface area (TPSA) is 29.1 Å². The Labute approximate surface area is 79.2 Å². The van der Waals surface area contributed by atoms with E-state index in [1.165, 1.54) is 7.11 Å². The molecule has 1 radical (unpaired) electrons. The Morgan fingerprint density at radius 2 is 1.69 bits per heavy atom. The summed E-state index contributed by atoms with van der Waals surface area (Å²) < 4.78 is 4.77. The van der Waals surface area contributed by atoms with Crippen LogP contribution in [0.3, 0.4) is 0 Å². The Morgan fingerprint density at radius 1 is 1.15 bits per heavy atom. The van der Waals surface area contributed by atoms with E-state index in [1.807, 2.05) is 24.3 Å². The zero-order chi connectivity index (χ0) is 9.84. The minimum Gasteiger partial charge on any atom is -0.349 e. The summed E-state index contributed by atoms with van der Waals surface area (Å²) in [5.74, 6) is 0.364. The lowest BCUT2D eigenvalue weighted by Gasteiger charge is -2.14. The summed E-state index contributed by atoms with van der Waals surface area (Å²) in [6.45, 7) is 4.14. The van der Waals surface area contributed by atoms with Gasteiger partial charge in [0.15, 0.2) is 0 Å². The standard InChI is InChI=1S/C11H15O2/c1-8(2)9-6-4-5-7-10(9)11(12)13-3/h4-8,11H,1-3H3. The molecule has 1 unspecified atom stereocenters. The first-order chi connectivity index (χ1) is 6.16. The van der Waals surface area contributed by atoms with Gasteiger partial charge in [0, 0.05) is 12.7 Å². The molecule has 0 saturated carbocycles. The van der Waals surface area contributed by atoms with Crippen LogP contribution in [0, 0.1) is 0 Å². The van der Waals surface area contributed by atoms with Gasteiger partial charge in [-0.05, 0) is 11.5 Å². The van der Waals surface area contributed by atoms with Crippen molar-refractivity contribution in [3.05, 3.63) is 35.4 Å². The van der Waals surface area contributed by atoms with Gasteiger partial charge < -0.3 is 4.74 Å². The van der Waals surface area contributed by atoms with Crippen molar-refractivity contribution in [1.29, 1.82) is 0 Å². The smallest absolute Gasteiger partial charge is 0.217 e. The molecule has 0 fully saturated rings. The third-order valence-electron chi connectivity index (χ3n) is 2.09. The van der Waals surface area contributed by atoms with E-state index >= 15 is 0 Å². The zero-order valence-electron chi connectivity index (χ0n) is 8.28. The Bertz CT molecular complexity index is 269. The van der Waals surface area contributed by atoms with E-state index in [2.05, 4.69) is 13.8 Å². The van der Waals surface area contributed by atoms with Crippen LogP contribution in [0.2, 0.25) is 0 Å². The van der Waals surface area contributed by atoms with Gasteiger partial charge in [0.05, 0.1) is 0 Å². The molecule has 0 amide bonds. The number of benzene rings is 1. The summed E-state index contributed by atoms with van der Waals surface area (Å²) in [7, 11) is 1.44. The van der Waals surface area contributed by atoms with E-state index < -0.39 is 6.29 Å². The second-order valence-electron chi connectivity index (χ2n) is 3.35. The zero-order valence-corrected chi connectivity index (χ0v) is 8.28. The van der Waals surface area contributed by atoms with E-state index in [0.29, 0.717) is 5.92 Å². The molecule has 2 nitrogen and oxygen atoms in total. The first-order valence-corrected chi connectivity index (χ1v) is 4.44. The fourth-order valence-electron chi connectivity index (χ4n) is 1.38. The average molecular weight is 179 g/mol. The lowest BCUT2D eigenvalue weighted by atomic mass is 9.97. The molecule has 0 aliphatic rings. The number of ether oxygens (including phenoxy) is 1. The highest BCUT2D eigenvalue weighted by Crippen LogP contribution is 2.25. The van der Waals surface area contributed by atoms with Crippen LogP contribution in [0.25, 0.3) is 0 Å². The van der Waals surface area contributed by atoms with Gasteiger partial charge in [-0.15, -0.1) is 0 Å². The molecule has 13 heavy (non-hydrogen) atoms. The molecule has 1 aromatic carbocycles. The molecule has 0 heterocycles. The molecule has 0 aliphatic carbocycles. The molecule has 0 bridgehead atoms. The molecule has 1 atom stereocenters. The molecular weight excluding hydrogens is 164 g/mol. The molecule has 1 aromatic rings. The lowest BCUT2D eigenvalue weighted by molar-refractivity contribution is -0.123. The van der Waals surface area contributed by atoms with Crippen molar-refractivity contribution in [2.75, 3.05) is 7.11 Å². The van der Waals surface area contributed by atoms with Crippen molar-refractivity contribution in [1.82, 2.24) is 0 Å². The van der Waals surface area contributed by atoms with Crippen molar-refractivity contribution in [3.63, 3.8) is 0 Å². The van der Waals surface area contributed by atoms with Crippen molar-refractivity contribution in [2.24, 2.45) is 0 Å². The van der Waals surface area contributed by atoms with Gasteiger partial charge >= 0.3 is 0 Å². The number of methoxy groups -OCH3 is 1. The maximum atomic E-state index is 11.4. The maximum absolute atomic E-state index is 11.4. The highest BCUT2D eigenvalue weighted by molar-refractivity contribution is 5.30. The Kier molecular flexibility index (Phi) is 3.46. The van der Waals surface area contributed by atoms with Gasteiger partial charge in [-0.2, -0.15) is 5.11 Å². The minimum atomic E-state index is -1.06. The molecule has 0 N–H and O–H groups in total. The van der Waals surface area contributed by atoms with E-state index in [4.69, 9.17) is 4.74 Å². The van der Waals surface area contributed by atoms with E-state index in [9.17, 15) is 5.11 Å². The van der Waals surface area contributed by atoms with Gasteiger partial charge in [-0.1, -0.05) is 38.1 Å². The van der Waals surface area contributed by atoms with Crippen LogP contribution in [0.1, 0.15) is 37.2 Å². The molecule has 2 heteroatoms. The second-order valence-corrected chi connectivity index (χ2v) is 3.35. The molecule has 0 spiro atoms. The Morgan fingerprint density at radius 3 is 2.15 bits per heavy atom. The van der Waals surface area contributed by atoms with Gasteiger partial charge in [-0.25, -0.2) is 0 Å². The largest absolute Gasteiger partial charge is 0.349 e. The van der Waals surface area contributed by atoms with Crippen molar-refractivity contribution in [2.45, 2.75) is 26.1 Å². The third kappa shape index (κ3) is 2.29. The molecule has 0 aromatic heterocycles. The monoisotopic (exact) mass is 179 g/mol. The molecule has 0 aliphatic heterocycles. The number of rotatable bonds is 3. The van der Waals surface area contributed by atoms with E-state index in [1.54, 1.807) is 0 Å². The summed E-state index contributed by atoms with van der Waals surface area (Å²) in [6, 6.07) is 7.62. The quantitative estimate of drug-likeness (QED) is 0.656. The van der Waals surface area contributed by atoms with Crippen LogP contribution in [-0.4, -0.2) is 7.11 Å². The highest BCUT2D eigenvalue weighted by atomic mass is 16.6. The lowest BCUT2D eigenvalue weighted by Crippen LogP contribution is -2.03. The second kappa shape index (κ2) is 4.40. The van der Waals surface area contributed by atoms with Gasteiger partial charge in [0.2, 0.25) is 6.29 Å². The maximum Gasteiger partial charge on any atom is 0.217 e. The van der Waals surface area contributed by atoms with Crippen molar-refractivity contribution < 1.29 is 9.84 Å². The molecular formula is C11H15O2. The first-order valence-electron chi connectivity index (χ1n) is 4.44. The summed E-state index contributed by atoms with van der Waals surface area (Å²) in [5, 5.41) is 11.4. The van der Waals surface area contributed by atoms with Crippen LogP contribution in [0.5, 0.6) is 0 Å². The van der Waals surface area contributed by atoms with Crippen LogP contribution in [-0.2, 0) is 9.84 Å². The minimum absolute atomic E-state index is 0.364. The number of hydrogen-bond donors (Lipinski definition) is 0. The average Bonchev–Trinajstić information content (AvgIpc) is 2.16. The predicted molar refractivity (Wildman–Crippen MR) is 51.0 cm³/mol. The first kappa shape index (κ1) is 10.2.